The molecule has 3 aromatic rings. The molecule has 0 unspecified atom stereocenters. The number of rotatable bonds is 2. The van der Waals surface area contributed by atoms with Crippen LogP contribution in [-0.2, 0) is 13.6 Å². The maximum atomic E-state index is 13.4. The Morgan fingerprint density at radius 2 is 2.00 bits per heavy atom. The average molecular weight is 364 g/mol. The number of aromatic nitrogens is 1. The number of nitrogens with zero attached hydrogens (tertiary/aromatic N) is 2. The minimum atomic E-state index is 0.0452. The molecule has 0 saturated heterocycles. The summed E-state index contributed by atoms with van der Waals surface area (Å²) in [6.45, 7) is 3.81. The van der Waals surface area contributed by atoms with Crippen LogP contribution >= 0.6 is 0 Å². The number of aryl methyl sites for hydroxylation is 2. The van der Waals surface area contributed by atoms with Crippen molar-refractivity contribution in [2.24, 2.45) is 7.05 Å². The minimum absolute atomic E-state index is 0.0452. The Morgan fingerprint density at radius 1 is 1.19 bits per heavy atom. The van der Waals surface area contributed by atoms with Gasteiger partial charge in [-0.25, -0.2) is 0 Å². The molecule has 27 heavy (non-hydrogen) atoms. The number of hydrogen-bond donors (Lipinski definition) is 0. The smallest absolute Gasteiger partial charge is 0.270 e. The van der Waals surface area contributed by atoms with Crippen LogP contribution in [0.4, 0.5) is 0 Å². The number of ether oxygens (including phenoxy) is 2. The van der Waals surface area contributed by atoms with Crippen molar-refractivity contribution in [3.63, 3.8) is 0 Å². The number of methoxy groups -OCH3 is 1. The van der Waals surface area contributed by atoms with Crippen LogP contribution in [0.25, 0.3) is 10.9 Å². The summed E-state index contributed by atoms with van der Waals surface area (Å²) in [5.41, 5.74) is 3.96. The zero-order chi connectivity index (χ0) is 19.0. The van der Waals surface area contributed by atoms with Crippen molar-refractivity contribution >= 4 is 16.8 Å². The number of carbonyl (C=O) groups excluding carboxylic acids is 1. The van der Waals surface area contributed by atoms with Crippen molar-refractivity contribution in [1.29, 1.82) is 0 Å². The van der Waals surface area contributed by atoms with E-state index in [1.165, 1.54) is 5.56 Å². The third-order valence-electron chi connectivity index (χ3n) is 5.22. The number of hydrogen-bond acceptors (Lipinski definition) is 3. The van der Waals surface area contributed by atoms with Gasteiger partial charge in [0.05, 0.1) is 19.2 Å². The molecule has 5 heteroatoms. The van der Waals surface area contributed by atoms with Crippen LogP contribution in [0.1, 0.15) is 28.0 Å². The van der Waals surface area contributed by atoms with Crippen LogP contribution in [0.2, 0.25) is 0 Å². The van der Waals surface area contributed by atoms with Gasteiger partial charge in [0.25, 0.3) is 5.91 Å². The molecule has 5 nitrogen and oxygen atoms in total. The van der Waals surface area contributed by atoms with Gasteiger partial charge in [0.1, 0.15) is 5.69 Å². The van der Waals surface area contributed by atoms with E-state index in [1.54, 1.807) is 7.11 Å². The van der Waals surface area contributed by atoms with E-state index in [0.29, 0.717) is 31.1 Å². The van der Waals surface area contributed by atoms with Crippen molar-refractivity contribution in [3.8, 4) is 11.5 Å². The summed E-state index contributed by atoms with van der Waals surface area (Å²) in [4.78, 5) is 15.3. The molecule has 1 amide bonds. The second-order valence-corrected chi connectivity index (χ2v) is 6.98. The maximum absolute atomic E-state index is 13.4. The largest absolute Gasteiger partial charge is 0.493 e. The summed E-state index contributed by atoms with van der Waals surface area (Å²) in [7, 11) is 3.60. The minimum Gasteiger partial charge on any atom is -0.493 e. The molecule has 2 heterocycles. The fraction of sp³-hybridized carbons (Fsp3) is 0.318. The Kier molecular flexibility index (Phi) is 4.52. The number of carbonyl (C=O) groups is 1. The van der Waals surface area contributed by atoms with Crippen molar-refractivity contribution in [3.05, 3.63) is 59.3 Å². The van der Waals surface area contributed by atoms with Crippen LogP contribution < -0.4 is 9.47 Å². The first-order valence-electron chi connectivity index (χ1n) is 9.23. The van der Waals surface area contributed by atoms with Gasteiger partial charge >= 0.3 is 0 Å². The van der Waals surface area contributed by atoms with Gasteiger partial charge in [-0.15, -0.1) is 0 Å². The molecule has 140 valence electrons. The number of para-hydroxylation sites is 2. The summed E-state index contributed by atoms with van der Waals surface area (Å²) in [6, 6.07) is 14.0. The Balaban J connectivity index is 1.71. The van der Waals surface area contributed by atoms with E-state index in [-0.39, 0.29) is 5.91 Å². The summed E-state index contributed by atoms with van der Waals surface area (Å²) >= 11 is 0. The Bertz CT molecular complexity index is 1010. The molecule has 1 aliphatic heterocycles. The number of benzene rings is 2. The van der Waals surface area contributed by atoms with Gasteiger partial charge in [0, 0.05) is 31.1 Å². The summed E-state index contributed by atoms with van der Waals surface area (Å²) in [5.74, 6) is 1.50. The Hall–Kier alpha value is -2.95. The Labute approximate surface area is 159 Å². The van der Waals surface area contributed by atoms with E-state index < -0.39 is 0 Å². The van der Waals surface area contributed by atoms with Gasteiger partial charge in [0.2, 0.25) is 0 Å². The normalized spacial score (nSPS) is 14.3. The van der Waals surface area contributed by atoms with Gasteiger partial charge < -0.3 is 18.9 Å². The zero-order valence-corrected chi connectivity index (χ0v) is 16.0. The van der Waals surface area contributed by atoms with Crippen LogP contribution in [-0.4, -0.2) is 35.6 Å². The van der Waals surface area contributed by atoms with Crippen molar-refractivity contribution in [2.45, 2.75) is 19.9 Å². The van der Waals surface area contributed by atoms with Crippen molar-refractivity contribution < 1.29 is 14.3 Å². The topological polar surface area (TPSA) is 43.7 Å². The average Bonchev–Trinajstić information content (AvgIpc) is 2.99. The Morgan fingerprint density at radius 3 is 2.78 bits per heavy atom. The fourth-order valence-corrected chi connectivity index (χ4v) is 3.89. The van der Waals surface area contributed by atoms with E-state index in [9.17, 15) is 4.79 Å². The third kappa shape index (κ3) is 3.03. The summed E-state index contributed by atoms with van der Waals surface area (Å²) < 4.78 is 13.3. The monoisotopic (exact) mass is 364 g/mol. The molecule has 0 fully saturated rings. The fourth-order valence-electron chi connectivity index (χ4n) is 3.89. The first kappa shape index (κ1) is 17.5. The molecule has 0 N–H and O–H groups in total. The molecule has 0 bridgehead atoms. The van der Waals surface area contributed by atoms with E-state index in [2.05, 4.69) is 19.1 Å². The first-order chi connectivity index (χ1) is 13.1. The summed E-state index contributed by atoms with van der Waals surface area (Å²) in [5, 5.41) is 1.10. The quantitative estimate of drug-likeness (QED) is 0.692. The molecular weight excluding hydrogens is 340 g/mol. The lowest BCUT2D eigenvalue weighted by atomic mass is 10.1. The molecule has 0 aliphatic carbocycles. The highest BCUT2D eigenvalue weighted by atomic mass is 16.5. The van der Waals surface area contributed by atoms with Crippen LogP contribution in [0.5, 0.6) is 11.5 Å². The highest BCUT2D eigenvalue weighted by molar-refractivity contribution is 5.99. The van der Waals surface area contributed by atoms with E-state index >= 15 is 0 Å². The lowest BCUT2D eigenvalue weighted by Crippen LogP contribution is -2.34. The molecule has 4 rings (SSSR count). The predicted molar refractivity (Wildman–Crippen MR) is 106 cm³/mol. The molecule has 0 saturated carbocycles. The van der Waals surface area contributed by atoms with Crippen molar-refractivity contribution in [1.82, 2.24) is 9.47 Å². The third-order valence-corrected chi connectivity index (χ3v) is 5.22. The summed E-state index contributed by atoms with van der Waals surface area (Å²) in [6.07, 6.45) is 0.784. The molecular formula is C22H24N2O3. The van der Waals surface area contributed by atoms with Crippen LogP contribution in [0.15, 0.2) is 42.5 Å². The lowest BCUT2D eigenvalue weighted by Gasteiger charge is -2.27. The second-order valence-electron chi connectivity index (χ2n) is 6.98. The second kappa shape index (κ2) is 6.99. The lowest BCUT2D eigenvalue weighted by molar-refractivity contribution is 0.0712. The van der Waals surface area contributed by atoms with Gasteiger partial charge in [-0.2, -0.15) is 0 Å². The number of fused-ring (bicyclic) bond motifs is 2. The van der Waals surface area contributed by atoms with Crippen LogP contribution in [0, 0.1) is 6.92 Å². The van der Waals surface area contributed by atoms with Crippen LogP contribution in [0.3, 0.4) is 0 Å². The van der Waals surface area contributed by atoms with Gasteiger partial charge in [-0.05, 0) is 31.0 Å². The standard InChI is InChI=1S/C22H24N2O3/c1-15-7-4-8-16-13-18(23(2)20(15)16)22(25)24-11-6-12-27-21-17(14-24)9-5-10-19(21)26-3/h4-5,7-10,13H,6,11-12,14H2,1-3H3. The highest BCUT2D eigenvalue weighted by Gasteiger charge is 2.24. The zero-order valence-electron chi connectivity index (χ0n) is 16.0. The van der Waals surface area contributed by atoms with Crippen molar-refractivity contribution in [2.75, 3.05) is 20.3 Å². The molecule has 1 aliphatic rings. The molecule has 0 spiro atoms. The SMILES string of the molecule is COc1cccc2c1OCCCN(C(=O)c1cc3cccc(C)c3n1C)C2. The molecule has 1 aromatic heterocycles. The number of amides is 1. The molecule has 0 atom stereocenters. The predicted octanol–water partition coefficient (Wildman–Crippen LogP) is 3.92. The van der Waals surface area contributed by atoms with Gasteiger partial charge in [0.15, 0.2) is 11.5 Å². The van der Waals surface area contributed by atoms with E-state index in [4.69, 9.17) is 9.47 Å². The van der Waals surface area contributed by atoms with Gasteiger partial charge in [-0.1, -0.05) is 30.3 Å². The highest BCUT2D eigenvalue weighted by Crippen LogP contribution is 2.33. The van der Waals surface area contributed by atoms with Gasteiger partial charge in [-0.3, -0.25) is 4.79 Å². The van der Waals surface area contributed by atoms with E-state index in [0.717, 1.165) is 28.6 Å². The molecule has 2 aromatic carbocycles. The maximum Gasteiger partial charge on any atom is 0.270 e. The first-order valence-corrected chi connectivity index (χ1v) is 9.23. The van der Waals surface area contributed by atoms with E-state index in [1.807, 2.05) is 46.8 Å². The molecule has 0 radical (unpaired) electrons.